The van der Waals surface area contributed by atoms with E-state index >= 15 is 0 Å². The number of hydrogen-bond acceptors (Lipinski definition) is 5. The van der Waals surface area contributed by atoms with Crippen LogP contribution < -0.4 is 10.6 Å². The number of anilines is 1. The number of carbonyl (C=O) groups is 1. The van der Waals surface area contributed by atoms with E-state index in [1.165, 1.54) is 7.11 Å². The minimum atomic E-state index is -0.325. The minimum absolute atomic E-state index is 0.0656. The normalized spacial score (nSPS) is 10.5. The lowest BCUT2D eigenvalue weighted by atomic mass is 10.1. The summed E-state index contributed by atoms with van der Waals surface area (Å²) in [5.41, 5.74) is 8.34. The Morgan fingerprint density at radius 2 is 2.10 bits per heavy atom. The average molecular weight is 295 g/mol. The van der Waals surface area contributed by atoms with Crippen molar-refractivity contribution in [3.8, 4) is 0 Å². The quantitative estimate of drug-likeness (QED) is 0.659. The summed E-state index contributed by atoms with van der Waals surface area (Å²) >= 11 is 5.12. The molecule has 1 aromatic rings. The Balaban J connectivity index is 3.38. The van der Waals surface area contributed by atoms with Crippen LogP contribution in [0.5, 0.6) is 0 Å². The molecule has 0 spiro atoms. The maximum absolute atomic E-state index is 11.6. The van der Waals surface area contributed by atoms with Crippen LogP contribution in [0.2, 0.25) is 0 Å². The van der Waals surface area contributed by atoms with E-state index in [9.17, 15) is 4.79 Å². The molecule has 0 fully saturated rings. The molecule has 6 heteroatoms. The molecule has 1 rings (SSSR count). The zero-order valence-electron chi connectivity index (χ0n) is 12.6. The van der Waals surface area contributed by atoms with E-state index in [1.807, 2.05) is 38.7 Å². The molecule has 0 radical (unpaired) electrons. The topological polar surface area (TPSA) is 68.5 Å². The predicted molar refractivity (Wildman–Crippen MR) is 84.1 cm³/mol. The average Bonchev–Trinajstić information content (AvgIpc) is 2.33. The van der Waals surface area contributed by atoms with Gasteiger partial charge in [0.05, 0.1) is 12.7 Å². The number of nitrogens with two attached hydrogens (primary N) is 1. The molecular formula is C14H21N3O2S. The summed E-state index contributed by atoms with van der Waals surface area (Å²) < 4.78 is 4.74. The smallest absolute Gasteiger partial charge is 0.325 e. The van der Waals surface area contributed by atoms with Gasteiger partial charge in [-0.15, -0.1) is 0 Å². The Labute approximate surface area is 125 Å². The van der Waals surface area contributed by atoms with Crippen molar-refractivity contribution in [3.63, 3.8) is 0 Å². The van der Waals surface area contributed by atoms with Crippen molar-refractivity contribution in [1.82, 2.24) is 4.98 Å². The summed E-state index contributed by atoms with van der Waals surface area (Å²) in [4.78, 5) is 18.2. The van der Waals surface area contributed by atoms with Crippen LogP contribution in [0.4, 0.5) is 5.82 Å². The molecule has 0 amide bonds. The summed E-state index contributed by atoms with van der Waals surface area (Å²) in [6.45, 7) is 7.90. The monoisotopic (exact) mass is 295 g/mol. The van der Waals surface area contributed by atoms with Crippen LogP contribution in [0.3, 0.4) is 0 Å². The molecule has 1 heterocycles. The lowest BCUT2D eigenvalue weighted by molar-refractivity contribution is -0.139. The highest BCUT2D eigenvalue weighted by atomic mass is 32.1. The number of thiocarbonyl (C=S) groups is 1. The zero-order chi connectivity index (χ0) is 15.4. The van der Waals surface area contributed by atoms with Crippen molar-refractivity contribution in [2.24, 2.45) is 5.73 Å². The van der Waals surface area contributed by atoms with Gasteiger partial charge in [0.25, 0.3) is 0 Å². The third kappa shape index (κ3) is 3.66. The summed E-state index contributed by atoms with van der Waals surface area (Å²) in [7, 11) is 1.37. The van der Waals surface area contributed by atoms with Gasteiger partial charge >= 0.3 is 5.97 Å². The second-order valence-corrected chi connectivity index (χ2v) is 5.38. The third-order valence-corrected chi connectivity index (χ3v) is 3.20. The van der Waals surface area contributed by atoms with Crippen LogP contribution in [-0.4, -0.2) is 35.6 Å². The number of hydrogen-bond donors (Lipinski definition) is 1. The summed E-state index contributed by atoms with van der Waals surface area (Å²) in [5.74, 6) is 0.309. The Bertz CT molecular complexity index is 529. The largest absolute Gasteiger partial charge is 0.468 e. The zero-order valence-corrected chi connectivity index (χ0v) is 13.4. The van der Waals surface area contributed by atoms with Crippen LogP contribution in [-0.2, 0) is 9.53 Å². The maximum Gasteiger partial charge on any atom is 0.325 e. The van der Waals surface area contributed by atoms with Gasteiger partial charge in [-0.2, -0.15) is 0 Å². The molecule has 0 aliphatic carbocycles. The first-order chi connectivity index (χ1) is 9.27. The fraction of sp³-hybridized carbons (Fsp3) is 0.500. The van der Waals surface area contributed by atoms with Crippen molar-refractivity contribution >= 4 is 29.0 Å². The number of aryl methyl sites for hydroxylation is 2. The van der Waals surface area contributed by atoms with E-state index in [4.69, 9.17) is 22.7 Å². The van der Waals surface area contributed by atoms with E-state index in [1.54, 1.807) is 0 Å². The van der Waals surface area contributed by atoms with Gasteiger partial charge in [0.1, 0.15) is 17.4 Å². The molecule has 0 aliphatic heterocycles. The van der Waals surface area contributed by atoms with Gasteiger partial charge in [-0.1, -0.05) is 12.2 Å². The van der Waals surface area contributed by atoms with Crippen LogP contribution in [0.1, 0.15) is 30.7 Å². The Hall–Kier alpha value is -1.69. The first-order valence-corrected chi connectivity index (χ1v) is 6.80. The highest BCUT2D eigenvalue weighted by Gasteiger charge is 2.22. The van der Waals surface area contributed by atoms with Crippen molar-refractivity contribution in [2.75, 3.05) is 18.6 Å². The van der Waals surface area contributed by atoms with Crippen molar-refractivity contribution in [2.45, 2.75) is 33.7 Å². The molecule has 0 bridgehead atoms. The SMILES string of the molecule is COC(=O)CN(c1nc(C)cc(C)c1C(N)=S)C(C)C. The van der Waals surface area contributed by atoms with Crippen molar-refractivity contribution in [3.05, 3.63) is 22.9 Å². The van der Waals surface area contributed by atoms with Gasteiger partial charge in [0.15, 0.2) is 0 Å². The van der Waals surface area contributed by atoms with Crippen LogP contribution >= 0.6 is 12.2 Å². The predicted octanol–water partition coefficient (Wildman–Crippen LogP) is 1.72. The van der Waals surface area contributed by atoms with Gasteiger partial charge < -0.3 is 15.4 Å². The highest BCUT2D eigenvalue weighted by molar-refractivity contribution is 7.80. The van der Waals surface area contributed by atoms with E-state index in [0.29, 0.717) is 11.4 Å². The lowest BCUT2D eigenvalue weighted by Crippen LogP contribution is -2.38. The highest BCUT2D eigenvalue weighted by Crippen LogP contribution is 2.24. The number of nitrogens with zero attached hydrogens (tertiary/aromatic N) is 2. The maximum atomic E-state index is 11.6. The first-order valence-electron chi connectivity index (χ1n) is 6.39. The molecule has 0 atom stereocenters. The molecule has 0 saturated heterocycles. The number of methoxy groups -OCH3 is 1. The van der Waals surface area contributed by atoms with E-state index in [2.05, 4.69) is 4.98 Å². The second kappa shape index (κ2) is 6.65. The summed E-state index contributed by atoms with van der Waals surface area (Å²) in [5, 5.41) is 0. The van der Waals surface area contributed by atoms with Gasteiger partial charge in [-0.05, 0) is 39.3 Å². The fourth-order valence-electron chi connectivity index (χ4n) is 2.04. The number of carbonyl (C=O) groups excluding carboxylic acids is 1. The third-order valence-electron chi connectivity index (χ3n) is 2.99. The first kappa shape index (κ1) is 16.4. The molecule has 5 nitrogen and oxygen atoms in total. The second-order valence-electron chi connectivity index (χ2n) is 4.94. The molecule has 20 heavy (non-hydrogen) atoms. The van der Waals surface area contributed by atoms with Gasteiger partial charge in [-0.3, -0.25) is 4.79 Å². The Morgan fingerprint density at radius 1 is 1.50 bits per heavy atom. The van der Waals surface area contributed by atoms with Crippen LogP contribution in [0, 0.1) is 13.8 Å². The van der Waals surface area contributed by atoms with E-state index in [-0.39, 0.29) is 23.5 Å². The molecule has 110 valence electrons. The number of pyridine rings is 1. The number of esters is 1. The van der Waals surface area contributed by atoms with Crippen molar-refractivity contribution in [1.29, 1.82) is 0 Å². The Morgan fingerprint density at radius 3 is 2.55 bits per heavy atom. The van der Waals surface area contributed by atoms with Gasteiger partial charge in [0.2, 0.25) is 0 Å². The summed E-state index contributed by atoms with van der Waals surface area (Å²) in [6.07, 6.45) is 0. The summed E-state index contributed by atoms with van der Waals surface area (Å²) in [6, 6.07) is 1.99. The van der Waals surface area contributed by atoms with Crippen molar-refractivity contribution < 1.29 is 9.53 Å². The molecular weight excluding hydrogens is 274 g/mol. The Kier molecular flexibility index (Phi) is 5.44. The number of aromatic nitrogens is 1. The van der Waals surface area contributed by atoms with Crippen LogP contribution in [0.25, 0.3) is 0 Å². The molecule has 0 saturated carbocycles. The molecule has 0 unspecified atom stereocenters. The number of ether oxygens (including phenoxy) is 1. The minimum Gasteiger partial charge on any atom is -0.468 e. The molecule has 2 N–H and O–H groups in total. The lowest BCUT2D eigenvalue weighted by Gasteiger charge is -2.29. The molecule has 0 aromatic carbocycles. The van der Waals surface area contributed by atoms with Gasteiger partial charge in [0, 0.05) is 11.7 Å². The standard InChI is InChI=1S/C14H21N3O2S/c1-8(2)17(7-11(18)19-5)14-12(13(15)20)9(3)6-10(4)16-14/h6,8H,7H2,1-5H3,(H2,15,20). The number of rotatable bonds is 5. The molecule has 0 aliphatic rings. The molecule has 1 aromatic heterocycles. The van der Waals surface area contributed by atoms with E-state index < -0.39 is 0 Å². The van der Waals surface area contributed by atoms with Gasteiger partial charge in [-0.25, -0.2) is 4.98 Å². The van der Waals surface area contributed by atoms with E-state index in [0.717, 1.165) is 11.3 Å². The fourth-order valence-corrected chi connectivity index (χ4v) is 2.29. The van der Waals surface area contributed by atoms with Crippen LogP contribution in [0.15, 0.2) is 6.07 Å².